The third-order valence-electron chi connectivity index (χ3n) is 3.02. The average molecular weight is 313 g/mol. The molecule has 0 radical (unpaired) electrons. The second-order valence-corrected chi connectivity index (χ2v) is 5.91. The van der Waals surface area contributed by atoms with E-state index in [1.165, 1.54) is 6.20 Å². The highest BCUT2D eigenvalue weighted by Gasteiger charge is 2.31. The lowest BCUT2D eigenvalue weighted by Gasteiger charge is -2.19. The van der Waals surface area contributed by atoms with Crippen LogP contribution in [0, 0.1) is 5.82 Å². The van der Waals surface area contributed by atoms with Gasteiger partial charge in [0.1, 0.15) is 11.6 Å². The first kappa shape index (κ1) is 16.3. The van der Waals surface area contributed by atoms with Crippen LogP contribution in [0.5, 0.6) is 11.6 Å². The van der Waals surface area contributed by atoms with Crippen molar-refractivity contribution >= 4 is 0 Å². The van der Waals surface area contributed by atoms with Crippen molar-refractivity contribution in [3.63, 3.8) is 0 Å². The van der Waals surface area contributed by atoms with E-state index in [2.05, 4.69) is 4.98 Å². The van der Waals surface area contributed by atoms with Crippen molar-refractivity contribution in [2.45, 2.75) is 32.4 Å². The van der Waals surface area contributed by atoms with Crippen molar-refractivity contribution < 1.29 is 22.3 Å². The van der Waals surface area contributed by atoms with Crippen LogP contribution in [-0.4, -0.2) is 4.98 Å². The Balaban J connectivity index is 2.34. The van der Waals surface area contributed by atoms with Gasteiger partial charge in [0.05, 0.1) is 5.56 Å². The van der Waals surface area contributed by atoms with Crippen molar-refractivity contribution in [1.82, 2.24) is 4.98 Å². The molecule has 0 N–H and O–H groups in total. The first-order valence-electron chi connectivity index (χ1n) is 6.58. The summed E-state index contributed by atoms with van der Waals surface area (Å²) in [5.41, 5.74) is -0.362. The molecule has 0 bridgehead atoms. The summed E-state index contributed by atoms with van der Waals surface area (Å²) in [4.78, 5) is 3.94. The number of halogens is 4. The predicted octanol–water partition coefficient (Wildman–Crippen LogP) is 5.33. The molecule has 22 heavy (non-hydrogen) atoms. The van der Waals surface area contributed by atoms with Crippen LogP contribution in [-0.2, 0) is 11.6 Å². The molecule has 0 aliphatic heterocycles. The first-order chi connectivity index (χ1) is 10.1. The van der Waals surface area contributed by atoms with E-state index in [1.54, 1.807) is 12.1 Å². The fourth-order valence-electron chi connectivity index (χ4n) is 1.84. The summed E-state index contributed by atoms with van der Waals surface area (Å²) in [5, 5.41) is 0. The Labute approximate surface area is 125 Å². The van der Waals surface area contributed by atoms with E-state index < -0.39 is 17.6 Å². The van der Waals surface area contributed by atoms with E-state index >= 15 is 0 Å². The molecule has 2 rings (SSSR count). The normalized spacial score (nSPS) is 12.3. The average Bonchev–Trinajstić information content (AvgIpc) is 2.36. The van der Waals surface area contributed by atoms with Crippen LogP contribution in [0.15, 0.2) is 36.5 Å². The van der Waals surface area contributed by atoms with Gasteiger partial charge in [-0.2, -0.15) is 13.2 Å². The molecule has 1 aromatic heterocycles. The van der Waals surface area contributed by atoms with Gasteiger partial charge in [0.2, 0.25) is 5.88 Å². The monoisotopic (exact) mass is 313 g/mol. The standard InChI is InChI=1S/C16H15F4NO/c1-15(2,3)10-4-5-21-14(8-10)22-13-7-11(16(18,19)20)6-12(17)9-13/h4-9H,1-3H3. The topological polar surface area (TPSA) is 22.1 Å². The maximum absolute atomic E-state index is 13.3. The smallest absolute Gasteiger partial charge is 0.416 e. The fraction of sp³-hybridized carbons (Fsp3) is 0.312. The van der Waals surface area contributed by atoms with Gasteiger partial charge in [-0.25, -0.2) is 9.37 Å². The van der Waals surface area contributed by atoms with Crippen molar-refractivity contribution in [2.75, 3.05) is 0 Å². The molecular formula is C16H15F4NO. The van der Waals surface area contributed by atoms with Crippen molar-refractivity contribution in [1.29, 1.82) is 0 Å². The molecule has 6 heteroatoms. The zero-order valence-electron chi connectivity index (χ0n) is 12.3. The van der Waals surface area contributed by atoms with Crippen LogP contribution in [0.4, 0.5) is 17.6 Å². The largest absolute Gasteiger partial charge is 0.439 e. The second kappa shape index (κ2) is 5.59. The zero-order chi connectivity index (χ0) is 16.5. The summed E-state index contributed by atoms with van der Waals surface area (Å²) in [6, 6.07) is 5.47. The Morgan fingerprint density at radius 2 is 1.64 bits per heavy atom. The van der Waals surface area contributed by atoms with Gasteiger partial charge in [0.25, 0.3) is 0 Å². The SMILES string of the molecule is CC(C)(C)c1ccnc(Oc2cc(F)cc(C(F)(F)F)c2)c1. The van der Waals surface area contributed by atoms with Crippen molar-refractivity contribution in [2.24, 2.45) is 0 Å². The summed E-state index contributed by atoms with van der Waals surface area (Å²) in [5.74, 6) is -1.14. The molecule has 0 fully saturated rings. The molecule has 0 amide bonds. The lowest BCUT2D eigenvalue weighted by molar-refractivity contribution is -0.137. The number of benzene rings is 1. The van der Waals surface area contributed by atoms with Gasteiger partial charge in [0.15, 0.2) is 0 Å². The maximum atomic E-state index is 13.3. The number of alkyl halides is 3. The highest BCUT2D eigenvalue weighted by molar-refractivity contribution is 5.35. The Morgan fingerprint density at radius 1 is 0.955 bits per heavy atom. The van der Waals surface area contributed by atoms with Crippen LogP contribution in [0.3, 0.4) is 0 Å². The Morgan fingerprint density at radius 3 is 2.23 bits per heavy atom. The predicted molar refractivity (Wildman–Crippen MR) is 74.4 cm³/mol. The number of rotatable bonds is 2. The molecule has 1 aromatic carbocycles. The molecule has 2 nitrogen and oxygen atoms in total. The van der Waals surface area contributed by atoms with Crippen LogP contribution in [0.25, 0.3) is 0 Å². The summed E-state index contributed by atoms with van der Waals surface area (Å²) < 4.78 is 56.6. The summed E-state index contributed by atoms with van der Waals surface area (Å²) in [6.07, 6.45) is -3.14. The zero-order valence-corrected chi connectivity index (χ0v) is 12.3. The molecule has 0 aliphatic rings. The molecule has 0 unspecified atom stereocenters. The third kappa shape index (κ3) is 3.96. The molecule has 0 saturated heterocycles. The fourth-order valence-corrected chi connectivity index (χ4v) is 1.84. The highest BCUT2D eigenvalue weighted by atomic mass is 19.4. The van der Waals surface area contributed by atoms with Crippen LogP contribution < -0.4 is 4.74 Å². The molecular weight excluding hydrogens is 298 g/mol. The quantitative estimate of drug-likeness (QED) is 0.699. The molecule has 0 aliphatic carbocycles. The number of aromatic nitrogens is 1. The minimum absolute atomic E-state index is 0.117. The summed E-state index contributed by atoms with van der Waals surface area (Å²) >= 11 is 0. The molecule has 118 valence electrons. The number of ether oxygens (including phenoxy) is 1. The minimum atomic E-state index is -4.64. The minimum Gasteiger partial charge on any atom is -0.439 e. The molecule has 0 saturated carbocycles. The number of hydrogen-bond acceptors (Lipinski definition) is 2. The molecule has 2 aromatic rings. The summed E-state index contributed by atoms with van der Waals surface area (Å²) in [7, 11) is 0. The molecule has 0 atom stereocenters. The van der Waals surface area contributed by atoms with E-state index in [4.69, 9.17) is 4.74 Å². The third-order valence-corrected chi connectivity index (χ3v) is 3.02. The number of nitrogens with zero attached hydrogens (tertiary/aromatic N) is 1. The maximum Gasteiger partial charge on any atom is 0.416 e. The Kier molecular flexibility index (Phi) is 4.13. The van der Waals surface area contributed by atoms with Crippen LogP contribution in [0.1, 0.15) is 31.9 Å². The van der Waals surface area contributed by atoms with Crippen molar-refractivity contribution in [3.05, 3.63) is 53.5 Å². The second-order valence-electron chi connectivity index (χ2n) is 5.91. The Bertz CT molecular complexity index is 675. The van der Waals surface area contributed by atoms with E-state index in [0.717, 1.165) is 17.7 Å². The molecule has 0 spiro atoms. The van der Waals surface area contributed by atoms with Gasteiger partial charge in [-0.3, -0.25) is 0 Å². The van der Waals surface area contributed by atoms with Gasteiger partial charge in [-0.05, 0) is 29.2 Å². The lowest BCUT2D eigenvalue weighted by atomic mass is 9.88. The van der Waals surface area contributed by atoms with E-state index in [0.29, 0.717) is 6.07 Å². The first-order valence-corrected chi connectivity index (χ1v) is 6.58. The van der Waals surface area contributed by atoms with Gasteiger partial charge in [-0.1, -0.05) is 20.8 Å². The van der Waals surface area contributed by atoms with Crippen LogP contribution >= 0.6 is 0 Å². The van der Waals surface area contributed by atoms with Gasteiger partial charge in [0, 0.05) is 18.3 Å². The van der Waals surface area contributed by atoms with E-state index in [9.17, 15) is 17.6 Å². The number of hydrogen-bond donors (Lipinski definition) is 0. The van der Waals surface area contributed by atoms with Gasteiger partial charge in [-0.15, -0.1) is 0 Å². The van der Waals surface area contributed by atoms with Gasteiger partial charge < -0.3 is 4.74 Å². The lowest BCUT2D eigenvalue weighted by Crippen LogP contribution is -2.11. The van der Waals surface area contributed by atoms with E-state index in [1.807, 2.05) is 20.8 Å². The summed E-state index contributed by atoms with van der Waals surface area (Å²) in [6.45, 7) is 5.95. The molecule has 1 heterocycles. The van der Waals surface area contributed by atoms with E-state index in [-0.39, 0.29) is 17.0 Å². The number of pyridine rings is 1. The van der Waals surface area contributed by atoms with Crippen LogP contribution in [0.2, 0.25) is 0 Å². The Hall–Kier alpha value is -2.11. The highest BCUT2D eigenvalue weighted by Crippen LogP contribution is 2.34. The van der Waals surface area contributed by atoms with Crippen molar-refractivity contribution in [3.8, 4) is 11.6 Å². The van der Waals surface area contributed by atoms with Gasteiger partial charge >= 0.3 is 6.18 Å².